The number of rotatable bonds is 3. The zero-order chi connectivity index (χ0) is 20.9. The van der Waals surface area contributed by atoms with Gasteiger partial charge in [0.2, 0.25) is 0 Å². The number of hydrogen-bond donors (Lipinski definition) is 2. The third kappa shape index (κ3) is 3.15. The normalized spacial score (nSPS) is 15.0. The van der Waals surface area contributed by atoms with Crippen LogP contribution in [0.15, 0.2) is 18.2 Å². The van der Waals surface area contributed by atoms with E-state index in [1.54, 1.807) is 11.6 Å². The SMILES string of the molecule is CNC(=O)c1nnc(Cl)cc1Nc1cc(F)cc2c1N(C)C(C)c1nc(C)nn1-2. The Hall–Kier alpha value is -3.27. The molecule has 0 aliphatic carbocycles. The van der Waals surface area contributed by atoms with Gasteiger partial charge in [-0.1, -0.05) is 11.6 Å². The van der Waals surface area contributed by atoms with Gasteiger partial charge in [0, 0.05) is 26.2 Å². The van der Waals surface area contributed by atoms with E-state index in [1.165, 1.54) is 25.2 Å². The summed E-state index contributed by atoms with van der Waals surface area (Å²) in [6, 6.07) is 4.11. The first-order valence-corrected chi connectivity index (χ1v) is 9.20. The lowest BCUT2D eigenvalue weighted by Gasteiger charge is -2.35. The van der Waals surface area contributed by atoms with Gasteiger partial charge in [-0.3, -0.25) is 4.79 Å². The van der Waals surface area contributed by atoms with Crippen LogP contribution in [0.2, 0.25) is 5.15 Å². The van der Waals surface area contributed by atoms with Crippen LogP contribution < -0.4 is 15.5 Å². The van der Waals surface area contributed by atoms with Gasteiger partial charge in [0.05, 0.1) is 28.8 Å². The molecule has 3 heterocycles. The number of aromatic nitrogens is 5. The fraction of sp³-hybridized carbons (Fsp3) is 0.278. The van der Waals surface area contributed by atoms with Crippen molar-refractivity contribution in [2.75, 3.05) is 24.3 Å². The van der Waals surface area contributed by atoms with Crippen molar-refractivity contribution in [3.63, 3.8) is 0 Å². The molecule has 29 heavy (non-hydrogen) atoms. The molecule has 2 aromatic heterocycles. The Morgan fingerprint density at radius 1 is 1.24 bits per heavy atom. The van der Waals surface area contributed by atoms with Crippen molar-refractivity contribution in [1.82, 2.24) is 30.3 Å². The Labute approximate surface area is 170 Å². The lowest BCUT2D eigenvalue weighted by Crippen LogP contribution is -2.31. The Bertz CT molecular complexity index is 1130. The number of benzene rings is 1. The van der Waals surface area contributed by atoms with Crippen molar-refractivity contribution < 1.29 is 9.18 Å². The molecule has 1 unspecified atom stereocenters. The minimum atomic E-state index is -0.470. The summed E-state index contributed by atoms with van der Waals surface area (Å²) >= 11 is 5.97. The fourth-order valence-electron chi connectivity index (χ4n) is 3.35. The summed E-state index contributed by atoms with van der Waals surface area (Å²) in [6.07, 6.45) is 0. The zero-order valence-corrected chi connectivity index (χ0v) is 16.9. The first-order valence-electron chi connectivity index (χ1n) is 8.82. The molecule has 1 amide bonds. The molecule has 0 spiro atoms. The largest absolute Gasteiger partial charge is 0.361 e. The van der Waals surface area contributed by atoms with Crippen LogP contribution in [0.1, 0.15) is 35.1 Å². The molecule has 1 aromatic carbocycles. The minimum absolute atomic E-state index is 0.0405. The van der Waals surface area contributed by atoms with Crippen LogP contribution in [-0.4, -0.2) is 45.0 Å². The predicted octanol–water partition coefficient (Wildman–Crippen LogP) is 2.77. The Balaban J connectivity index is 1.90. The standard InChI is InChI=1S/C18H18ClFN8O/c1-8-17-22-9(2)26-28(17)13-6-10(20)5-12(16(13)27(8)4)23-11-7-14(19)24-25-15(11)18(29)21-3/h5-8H,1-4H3,(H,21,29)(H,23,24). The first kappa shape index (κ1) is 19.1. The molecule has 0 radical (unpaired) electrons. The van der Waals surface area contributed by atoms with E-state index in [0.717, 1.165) is 0 Å². The molecule has 1 atom stereocenters. The summed E-state index contributed by atoms with van der Waals surface area (Å²) in [5, 5.41) is 17.7. The minimum Gasteiger partial charge on any atom is -0.361 e. The third-order valence-corrected chi connectivity index (χ3v) is 4.99. The molecule has 9 nitrogen and oxygen atoms in total. The van der Waals surface area contributed by atoms with E-state index in [-0.39, 0.29) is 16.9 Å². The molecular weight excluding hydrogens is 399 g/mol. The average Bonchev–Trinajstić information content (AvgIpc) is 3.07. The maximum absolute atomic E-state index is 14.5. The number of fused-ring (bicyclic) bond motifs is 3. The number of amides is 1. The van der Waals surface area contributed by atoms with E-state index >= 15 is 0 Å². The van der Waals surface area contributed by atoms with Gasteiger partial charge >= 0.3 is 0 Å². The highest BCUT2D eigenvalue weighted by molar-refractivity contribution is 6.29. The van der Waals surface area contributed by atoms with E-state index in [9.17, 15) is 9.18 Å². The van der Waals surface area contributed by atoms with Gasteiger partial charge in [-0.2, -0.15) is 5.10 Å². The van der Waals surface area contributed by atoms with Crippen molar-refractivity contribution in [3.8, 4) is 5.69 Å². The van der Waals surface area contributed by atoms with Gasteiger partial charge in [0.25, 0.3) is 5.91 Å². The van der Waals surface area contributed by atoms with Crippen molar-refractivity contribution in [1.29, 1.82) is 0 Å². The summed E-state index contributed by atoms with van der Waals surface area (Å²) in [5.41, 5.74) is 2.02. The van der Waals surface area contributed by atoms with Gasteiger partial charge in [-0.15, -0.1) is 10.2 Å². The van der Waals surface area contributed by atoms with E-state index < -0.39 is 11.7 Å². The van der Waals surface area contributed by atoms with Crippen LogP contribution in [0.3, 0.4) is 0 Å². The van der Waals surface area contributed by atoms with Gasteiger partial charge in [0.15, 0.2) is 16.7 Å². The van der Waals surface area contributed by atoms with Crippen LogP contribution in [0.5, 0.6) is 0 Å². The fourth-order valence-corrected chi connectivity index (χ4v) is 3.50. The van der Waals surface area contributed by atoms with Crippen LogP contribution in [-0.2, 0) is 0 Å². The van der Waals surface area contributed by atoms with Gasteiger partial charge in [-0.25, -0.2) is 14.1 Å². The van der Waals surface area contributed by atoms with Gasteiger partial charge in [-0.05, 0) is 19.9 Å². The third-order valence-electron chi connectivity index (χ3n) is 4.80. The number of carbonyl (C=O) groups is 1. The molecule has 1 aliphatic heterocycles. The monoisotopic (exact) mass is 416 g/mol. The van der Waals surface area contributed by atoms with Crippen molar-refractivity contribution in [2.45, 2.75) is 19.9 Å². The predicted molar refractivity (Wildman–Crippen MR) is 107 cm³/mol. The second kappa shape index (κ2) is 6.96. The molecule has 0 bridgehead atoms. The second-order valence-electron chi connectivity index (χ2n) is 6.67. The molecule has 11 heteroatoms. The summed E-state index contributed by atoms with van der Waals surface area (Å²) in [6.45, 7) is 3.77. The van der Waals surface area contributed by atoms with E-state index in [4.69, 9.17) is 11.6 Å². The van der Waals surface area contributed by atoms with Crippen LogP contribution in [0, 0.1) is 12.7 Å². The van der Waals surface area contributed by atoms with Crippen LogP contribution >= 0.6 is 11.6 Å². The number of nitrogens with one attached hydrogen (secondary N) is 2. The van der Waals surface area contributed by atoms with Gasteiger partial charge in [0.1, 0.15) is 11.6 Å². The molecule has 0 saturated carbocycles. The van der Waals surface area contributed by atoms with Gasteiger partial charge < -0.3 is 15.5 Å². The Morgan fingerprint density at radius 3 is 2.72 bits per heavy atom. The molecule has 150 valence electrons. The highest BCUT2D eigenvalue weighted by atomic mass is 35.5. The molecule has 0 saturated heterocycles. The molecular formula is C18H18ClFN8O. The van der Waals surface area contributed by atoms with Crippen molar-refractivity contribution >= 4 is 34.6 Å². The number of halogens is 2. The molecule has 2 N–H and O–H groups in total. The number of anilines is 3. The second-order valence-corrected chi connectivity index (χ2v) is 7.06. The molecule has 4 rings (SSSR count). The summed E-state index contributed by atoms with van der Waals surface area (Å²) in [7, 11) is 3.37. The summed E-state index contributed by atoms with van der Waals surface area (Å²) in [4.78, 5) is 18.6. The molecule has 1 aliphatic rings. The smallest absolute Gasteiger partial charge is 0.273 e. The number of aryl methyl sites for hydroxylation is 1. The highest BCUT2D eigenvalue weighted by Crippen LogP contribution is 2.43. The highest BCUT2D eigenvalue weighted by Gasteiger charge is 2.31. The van der Waals surface area contributed by atoms with Crippen LogP contribution in [0.25, 0.3) is 5.69 Å². The topological polar surface area (TPSA) is 101 Å². The average molecular weight is 417 g/mol. The number of carbonyl (C=O) groups excluding carboxylic acids is 1. The van der Waals surface area contributed by atoms with Crippen LogP contribution in [0.4, 0.5) is 21.5 Å². The molecule has 3 aromatic rings. The summed E-state index contributed by atoms with van der Waals surface area (Å²) in [5.74, 6) is 0.397. The Morgan fingerprint density at radius 2 is 2.00 bits per heavy atom. The lowest BCUT2D eigenvalue weighted by atomic mass is 10.1. The quantitative estimate of drug-likeness (QED) is 0.677. The number of nitrogens with zero attached hydrogens (tertiary/aromatic N) is 6. The van der Waals surface area contributed by atoms with E-state index in [2.05, 4.69) is 30.9 Å². The zero-order valence-electron chi connectivity index (χ0n) is 16.2. The van der Waals surface area contributed by atoms with Crippen molar-refractivity contribution in [2.24, 2.45) is 0 Å². The lowest BCUT2D eigenvalue weighted by molar-refractivity contribution is 0.0958. The maximum Gasteiger partial charge on any atom is 0.273 e. The molecule has 0 fully saturated rings. The summed E-state index contributed by atoms with van der Waals surface area (Å²) < 4.78 is 16.2. The maximum atomic E-state index is 14.5. The van der Waals surface area contributed by atoms with Crippen molar-refractivity contribution in [3.05, 3.63) is 46.5 Å². The van der Waals surface area contributed by atoms with E-state index in [0.29, 0.717) is 34.4 Å². The van der Waals surface area contributed by atoms with E-state index in [1.807, 2.05) is 18.9 Å². The first-order chi connectivity index (χ1) is 13.8. The Kier molecular flexibility index (Phi) is 4.58. The number of hydrogen-bond acceptors (Lipinski definition) is 7.